The van der Waals surface area contributed by atoms with Crippen LogP contribution in [0.1, 0.15) is 50.3 Å². The van der Waals surface area contributed by atoms with E-state index in [1.54, 1.807) is 11.0 Å². The highest BCUT2D eigenvalue weighted by Crippen LogP contribution is 2.35. The lowest BCUT2D eigenvalue weighted by Crippen LogP contribution is -2.46. The number of nitrogens with zero attached hydrogens (tertiary/aromatic N) is 3. The van der Waals surface area contributed by atoms with Crippen LogP contribution < -0.4 is 15.8 Å². The van der Waals surface area contributed by atoms with Gasteiger partial charge in [0.15, 0.2) is 0 Å². The van der Waals surface area contributed by atoms with E-state index in [4.69, 9.17) is 10.5 Å². The summed E-state index contributed by atoms with van der Waals surface area (Å²) in [6.45, 7) is 6.19. The van der Waals surface area contributed by atoms with Crippen molar-refractivity contribution < 1.29 is 14.3 Å². The number of pyridine rings is 1. The highest BCUT2D eigenvalue weighted by Gasteiger charge is 2.34. The van der Waals surface area contributed by atoms with Gasteiger partial charge >= 0.3 is 11.8 Å². The SMILES string of the molecule is CCc1cc(NC(=O)C(=O)N2C[C@@H](C)CC[C@@H]2c2cccc(OCCCN(C)C)c2)cnc1N. The van der Waals surface area contributed by atoms with Crippen LogP contribution in [0.5, 0.6) is 5.75 Å². The third kappa shape index (κ3) is 6.70. The molecular weight excluding hydrogens is 430 g/mol. The normalized spacial score (nSPS) is 18.1. The molecule has 2 atom stereocenters. The monoisotopic (exact) mass is 467 g/mol. The first-order valence-corrected chi connectivity index (χ1v) is 12.0. The number of aromatic nitrogens is 1. The smallest absolute Gasteiger partial charge is 0.313 e. The van der Waals surface area contributed by atoms with E-state index in [1.165, 1.54) is 6.20 Å². The number of likely N-dealkylation sites (tertiary alicyclic amines) is 1. The molecule has 8 nitrogen and oxygen atoms in total. The summed E-state index contributed by atoms with van der Waals surface area (Å²) in [7, 11) is 4.08. The van der Waals surface area contributed by atoms with Crippen LogP contribution in [0.25, 0.3) is 0 Å². The van der Waals surface area contributed by atoms with Crippen LogP contribution in [0.3, 0.4) is 0 Å². The Labute approximate surface area is 202 Å². The van der Waals surface area contributed by atoms with Crippen LogP contribution in [0.15, 0.2) is 36.5 Å². The van der Waals surface area contributed by atoms with Gasteiger partial charge in [-0.15, -0.1) is 0 Å². The van der Waals surface area contributed by atoms with Crippen LogP contribution in [-0.4, -0.2) is 60.4 Å². The number of anilines is 2. The Morgan fingerprint density at radius 2 is 2.06 bits per heavy atom. The number of carbonyl (C=O) groups excluding carboxylic acids is 2. The molecule has 0 aliphatic carbocycles. The highest BCUT2D eigenvalue weighted by molar-refractivity contribution is 6.39. The van der Waals surface area contributed by atoms with Gasteiger partial charge in [0.2, 0.25) is 0 Å². The van der Waals surface area contributed by atoms with Crippen molar-refractivity contribution in [1.82, 2.24) is 14.8 Å². The molecule has 8 heteroatoms. The van der Waals surface area contributed by atoms with Gasteiger partial charge in [-0.05, 0) is 75.0 Å². The molecule has 1 aromatic carbocycles. The van der Waals surface area contributed by atoms with Gasteiger partial charge in [0.05, 0.1) is 24.5 Å². The van der Waals surface area contributed by atoms with E-state index >= 15 is 0 Å². The molecule has 0 spiro atoms. The van der Waals surface area contributed by atoms with E-state index < -0.39 is 11.8 Å². The van der Waals surface area contributed by atoms with Gasteiger partial charge in [-0.1, -0.05) is 26.0 Å². The number of hydrogen-bond donors (Lipinski definition) is 2. The standard InChI is InChI=1S/C26H37N5O3/c1-5-19-14-21(16-28-24(19)27)29-25(32)26(33)31-17-18(2)10-11-23(31)20-8-6-9-22(15-20)34-13-7-12-30(3)4/h6,8-9,14-16,18,23H,5,7,10-13,17H2,1-4H3,(H2,27,28)(H,29,32)/t18-,23+/m0/s1. The van der Waals surface area contributed by atoms with Crippen LogP contribution in [0.4, 0.5) is 11.5 Å². The second kappa shape index (κ2) is 11.8. The summed E-state index contributed by atoms with van der Waals surface area (Å²) in [5.41, 5.74) is 8.15. The molecule has 184 valence electrons. The van der Waals surface area contributed by atoms with Gasteiger partial charge in [0.1, 0.15) is 11.6 Å². The number of nitrogens with two attached hydrogens (primary N) is 1. The summed E-state index contributed by atoms with van der Waals surface area (Å²) in [5, 5.41) is 2.71. The van der Waals surface area contributed by atoms with Gasteiger partial charge in [0, 0.05) is 13.1 Å². The Hall–Kier alpha value is -3.13. The maximum Gasteiger partial charge on any atom is 0.313 e. The number of nitrogen functional groups attached to an aromatic ring is 1. The Kier molecular flexibility index (Phi) is 8.87. The number of ether oxygens (including phenoxy) is 1. The van der Waals surface area contributed by atoms with Crippen molar-refractivity contribution in [1.29, 1.82) is 0 Å². The van der Waals surface area contributed by atoms with Crippen LogP contribution in [0, 0.1) is 5.92 Å². The lowest BCUT2D eigenvalue weighted by atomic mass is 9.89. The van der Waals surface area contributed by atoms with Gasteiger partial charge in [0.25, 0.3) is 0 Å². The predicted molar refractivity (Wildman–Crippen MR) is 135 cm³/mol. The summed E-state index contributed by atoms with van der Waals surface area (Å²) < 4.78 is 5.94. The molecule has 1 aliphatic rings. The molecule has 0 bridgehead atoms. The molecule has 3 rings (SSSR count). The van der Waals surface area contributed by atoms with Crippen molar-refractivity contribution in [2.45, 2.75) is 45.6 Å². The third-order valence-electron chi connectivity index (χ3n) is 6.17. The largest absolute Gasteiger partial charge is 0.494 e. The van der Waals surface area contributed by atoms with E-state index in [9.17, 15) is 9.59 Å². The van der Waals surface area contributed by atoms with Crippen molar-refractivity contribution >= 4 is 23.3 Å². The Balaban J connectivity index is 1.72. The van der Waals surface area contributed by atoms with Gasteiger partial charge in [-0.3, -0.25) is 9.59 Å². The second-order valence-corrected chi connectivity index (χ2v) is 9.31. The van der Waals surface area contributed by atoms with Crippen molar-refractivity contribution in [2.75, 3.05) is 44.8 Å². The fourth-order valence-electron chi connectivity index (χ4n) is 4.29. The number of piperidine rings is 1. The average molecular weight is 468 g/mol. The lowest BCUT2D eigenvalue weighted by Gasteiger charge is -2.38. The van der Waals surface area contributed by atoms with Crippen molar-refractivity contribution in [3.05, 3.63) is 47.7 Å². The number of carbonyl (C=O) groups is 2. The summed E-state index contributed by atoms with van der Waals surface area (Å²) in [4.78, 5) is 34.1. The van der Waals surface area contributed by atoms with Crippen LogP contribution >= 0.6 is 0 Å². The van der Waals surface area contributed by atoms with E-state index in [0.717, 1.165) is 42.7 Å². The number of aryl methyl sites for hydroxylation is 1. The maximum atomic E-state index is 13.2. The van der Waals surface area contributed by atoms with Crippen LogP contribution in [-0.2, 0) is 16.0 Å². The molecule has 1 fully saturated rings. The third-order valence-corrected chi connectivity index (χ3v) is 6.17. The molecule has 2 aromatic rings. The second-order valence-electron chi connectivity index (χ2n) is 9.31. The number of nitrogens with one attached hydrogen (secondary N) is 1. The summed E-state index contributed by atoms with van der Waals surface area (Å²) in [6, 6.07) is 9.47. The number of amides is 2. The molecular formula is C26H37N5O3. The molecule has 1 saturated heterocycles. The maximum absolute atomic E-state index is 13.2. The minimum Gasteiger partial charge on any atom is -0.494 e. The zero-order chi connectivity index (χ0) is 24.7. The summed E-state index contributed by atoms with van der Waals surface area (Å²) in [5.74, 6) is 0.336. The van der Waals surface area contributed by atoms with Crippen molar-refractivity contribution in [3.8, 4) is 5.75 Å². The van der Waals surface area contributed by atoms with E-state index in [2.05, 4.69) is 22.1 Å². The Morgan fingerprint density at radius 1 is 1.26 bits per heavy atom. The van der Waals surface area contributed by atoms with Crippen LogP contribution in [0.2, 0.25) is 0 Å². The molecule has 2 amide bonds. The van der Waals surface area contributed by atoms with Crippen molar-refractivity contribution in [2.24, 2.45) is 5.92 Å². The van der Waals surface area contributed by atoms with Gasteiger partial charge in [-0.2, -0.15) is 0 Å². The first-order chi connectivity index (χ1) is 16.3. The molecule has 1 aliphatic heterocycles. The van der Waals surface area contributed by atoms with E-state index in [-0.39, 0.29) is 6.04 Å². The Bertz CT molecular complexity index is 994. The fraction of sp³-hybridized carbons (Fsp3) is 0.500. The first kappa shape index (κ1) is 25.5. The van der Waals surface area contributed by atoms with E-state index in [1.807, 2.05) is 45.3 Å². The number of benzene rings is 1. The molecule has 0 radical (unpaired) electrons. The molecule has 0 unspecified atom stereocenters. The topological polar surface area (TPSA) is 101 Å². The number of rotatable bonds is 8. The Morgan fingerprint density at radius 3 is 2.79 bits per heavy atom. The van der Waals surface area contributed by atoms with E-state index in [0.29, 0.717) is 37.0 Å². The minimum absolute atomic E-state index is 0.171. The van der Waals surface area contributed by atoms with Gasteiger partial charge < -0.3 is 25.6 Å². The lowest BCUT2D eigenvalue weighted by molar-refractivity contribution is -0.146. The van der Waals surface area contributed by atoms with Crippen molar-refractivity contribution in [3.63, 3.8) is 0 Å². The number of hydrogen-bond acceptors (Lipinski definition) is 6. The molecule has 2 heterocycles. The average Bonchev–Trinajstić information content (AvgIpc) is 2.82. The van der Waals surface area contributed by atoms with Gasteiger partial charge in [-0.25, -0.2) is 4.98 Å². The fourth-order valence-corrected chi connectivity index (χ4v) is 4.29. The molecule has 1 aromatic heterocycles. The summed E-state index contributed by atoms with van der Waals surface area (Å²) in [6.07, 6.45) is 4.89. The predicted octanol–water partition coefficient (Wildman–Crippen LogP) is 3.50. The molecule has 34 heavy (non-hydrogen) atoms. The zero-order valence-electron chi connectivity index (χ0n) is 20.7. The first-order valence-electron chi connectivity index (χ1n) is 12.0. The zero-order valence-corrected chi connectivity index (χ0v) is 20.7. The summed E-state index contributed by atoms with van der Waals surface area (Å²) >= 11 is 0. The highest BCUT2D eigenvalue weighted by atomic mass is 16.5. The molecule has 3 N–H and O–H groups in total. The quantitative estimate of drug-likeness (QED) is 0.455. The molecule has 0 saturated carbocycles. The minimum atomic E-state index is -0.663.